The van der Waals surface area contributed by atoms with E-state index in [1.165, 1.54) is 16.1 Å². The first-order valence-electron chi connectivity index (χ1n) is 9.48. The van der Waals surface area contributed by atoms with Gasteiger partial charge >= 0.3 is 0 Å². The van der Waals surface area contributed by atoms with Gasteiger partial charge in [0.05, 0.1) is 13.2 Å². The highest BCUT2D eigenvalue weighted by atomic mass is 32.1. The Balaban J connectivity index is 1.49. The summed E-state index contributed by atoms with van der Waals surface area (Å²) < 4.78 is 5.42. The molecule has 0 radical (unpaired) electrons. The predicted molar refractivity (Wildman–Crippen MR) is 115 cm³/mol. The first kappa shape index (κ1) is 19.7. The molecule has 0 aliphatic carbocycles. The summed E-state index contributed by atoms with van der Waals surface area (Å²) in [6, 6.07) is 13.0. The number of nitrogens with one attached hydrogen (secondary N) is 2. The van der Waals surface area contributed by atoms with Gasteiger partial charge in [-0.1, -0.05) is 32.0 Å². The molecule has 146 valence electrons. The third-order valence-corrected chi connectivity index (χ3v) is 6.12. The van der Waals surface area contributed by atoms with Gasteiger partial charge in [-0.3, -0.25) is 4.99 Å². The summed E-state index contributed by atoms with van der Waals surface area (Å²) >= 11 is 1.80. The molecule has 0 unspecified atom stereocenters. The van der Waals surface area contributed by atoms with Crippen molar-refractivity contribution in [3.8, 4) is 0 Å². The molecular formula is C21H30N4OS. The van der Waals surface area contributed by atoms with E-state index in [0.717, 1.165) is 45.4 Å². The Labute approximate surface area is 166 Å². The van der Waals surface area contributed by atoms with Gasteiger partial charge in [-0.25, -0.2) is 0 Å². The normalized spacial score (nSPS) is 15.7. The molecule has 1 saturated heterocycles. The minimum absolute atomic E-state index is 0.0750. The maximum Gasteiger partial charge on any atom is 0.191 e. The number of thiophene rings is 1. The van der Waals surface area contributed by atoms with Gasteiger partial charge in [-0.15, -0.1) is 11.3 Å². The Morgan fingerprint density at radius 3 is 2.52 bits per heavy atom. The summed E-state index contributed by atoms with van der Waals surface area (Å²) in [7, 11) is 1.81. The lowest BCUT2D eigenvalue weighted by atomic mass is 9.91. The zero-order chi connectivity index (χ0) is 19.1. The summed E-state index contributed by atoms with van der Waals surface area (Å²) in [6.45, 7) is 9.65. The molecule has 6 heteroatoms. The van der Waals surface area contributed by atoms with Crippen LogP contribution in [0.5, 0.6) is 0 Å². The number of morpholine rings is 1. The summed E-state index contributed by atoms with van der Waals surface area (Å²) in [6.07, 6.45) is 0. The fraction of sp³-hybridized carbons (Fsp3) is 0.476. The van der Waals surface area contributed by atoms with Crippen molar-refractivity contribution in [3.63, 3.8) is 0 Å². The molecule has 0 saturated carbocycles. The number of aliphatic imine (C=N–C) groups is 1. The molecule has 1 aromatic carbocycles. The number of guanidine groups is 1. The summed E-state index contributed by atoms with van der Waals surface area (Å²) in [5.41, 5.74) is 2.58. The van der Waals surface area contributed by atoms with Crippen molar-refractivity contribution >= 4 is 23.0 Å². The van der Waals surface area contributed by atoms with Crippen LogP contribution in [0.2, 0.25) is 0 Å². The zero-order valence-electron chi connectivity index (χ0n) is 16.5. The van der Waals surface area contributed by atoms with Gasteiger partial charge in [0.15, 0.2) is 5.96 Å². The standard InChI is InChI=1S/C21H30N4OS/c1-21(2,19-5-4-14-27-19)16-24-20(22-3)23-15-17-6-8-18(9-7-17)25-10-12-26-13-11-25/h4-9,14H,10-13,15-16H2,1-3H3,(H2,22,23,24). The number of hydrogen-bond acceptors (Lipinski definition) is 4. The lowest BCUT2D eigenvalue weighted by Crippen LogP contribution is -2.42. The highest BCUT2D eigenvalue weighted by molar-refractivity contribution is 7.10. The lowest BCUT2D eigenvalue weighted by molar-refractivity contribution is 0.122. The van der Waals surface area contributed by atoms with E-state index >= 15 is 0 Å². The van der Waals surface area contributed by atoms with E-state index in [-0.39, 0.29) is 5.41 Å². The molecule has 1 fully saturated rings. The highest BCUT2D eigenvalue weighted by Gasteiger charge is 2.21. The van der Waals surface area contributed by atoms with Gasteiger partial charge in [0.2, 0.25) is 0 Å². The van der Waals surface area contributed by atoms with Crippen molar-refractivity contribution in [2.45, 2.75) is 25.8 Å². The van der Waals surface area contributed by atoms with Crippen LogP contribution in [0.4, 0.5) is 5.69 Å². The van der Waals surface area contributed by atoms with Crippen molar-refractivity contribution in [1.29, 1.82) is 0 Å². The molecule has 27 heavy (non-hydrogen) atoms. The quantitative estimate of drug-likeness (QED) is 0.591. The Morgan fingerprint density at radius 2 is 1.89 bits per heavy atom. The van der Waals surface area contributed by atoms with Crippen molar-refractivity contribution in [2.75, 3.05) is 44.8 Å². The SMILES string of the molecule is CN=C(NCc1ccc(N2CCOCC2)cc1)NCC(C)(C)c1cccs1. The van der Waals surface area contributed by atoms with Crippen LogP contribution < -0.4 is 15.5 Å². The van der Waals surface area contributed by atoms with Crippen LogP contribution in [-0.2, 0) is 16.7 Å². The van der Waals surface area contributed by atoms with Crippen molar-refractivity contribution < 1.29 is 4.74 Å². The first-order chi connectivity index (χ1) is 13.1. The van der Waals surface area contributed by atoms with E-state index in [1.807, 2.05) is 7.05 Å². The van der Waals surface area contributed by atoms with Gasteiger partial charge in [0.25, 0.3) is 0 Å². The average Bonchev–Trinajstić information content (AvgIpc) is 3.25. The molecule has 0 atom stereocenters. The second-order valence-corrected chi connectivity index (χ2v) is 8.35. The van der Waals surface area contributed by atoms with Gasteiger partial charge in [0.1, 0.15) is 0 Å². The maximum atomic E-state index is 5.42. The largest absolute Gasteiger partial charge is 0.378 e. The smallest absolute Gasteiger partial charge is 0.191 e. The number of rotatable bonds is 6. The number of ether oxygens (including phenoxy) is 1. The molecule has 2 heterocycles. The maximum absolute atomic E-state index is 5.42. The molecule has 2 N–H and O–H groups in total. The Bertz CT molecular complexity index is 719. The molecule has 5 nitrogen and oxygen atoms in total. The molecule has 0 amide bonds. The molecule has 3 rings (SSSR count). The average molecular weight is 387 g/mol. The molecule has 0 spiro atoms. The molecule has 0 bridgehead atoms. The van der Waals surface area contributed by atoms with Crippen LogP contribution in [0.25, 0.3) is 0 Å². The van der Waals surface area contributed by atoms with Crippen LogP contribution in [0.3, 0.4) is 0 Å². The topological polar surface area (TPSA) is 48.9 Å². The number of benzene rings is 1. The predicted octanol–water partition coefficient (Wildman–Crippen LogP) is 3.23. The third-order valence-electron chi connectivity index (χ3n) is 4.88. The summed E-state index contributed by atoms with van der Waals surface area (Å²) in [4.78, 5) is 8.10. The second-order valence-electron chi connectivity index (χ2n) is 7.41. The van der Waals surface area contributed by atoms with E-state index in [4.69, 9.17) is 4.74 Å². The van der Waals surface area contributed by atoms with E-state index in [9.17, 15) is 0 Å². The van der Waals surface area contributed by atoms with Crippen LogP contribution >= 0.6 is 11.3 Å². The van der Waals surface area contributed by atoms with Gasteiger partial charge < -0.3 is 20.3 Å². The van der Waals surface area contributed by atoms with Crippen LogP contribution in [-0.4, -0.2) is 45.9 Å². The summed E-state index contributed by atoms with van der Waals surface area (Å²) in [5, 5.41) is 9.00. The lowest BCUT2D eigenvalue weighted by Gasteiger charge is -2.29. The van der Waals surface area contributed by atoms with Crippen LogP contribution in [0.15, 0.2) is 46.8 Å². The number of anilines is 1. The highest BCUT2D eigenvalue weighted by Crippen LogP contribution is 2.26. The molecule has 1 aliphatic heterocycles. The van der Waals surface area contributed by atoms with Crippen molar-refractivity contribution in [3.05, 3.63) is 52.2 Å². The fourth-order valence-electron chi connectivity index (χ4n) is 3.11. The van der Waals surface area contributed by atoms with E-state index < -0.39 is 0 Å². The van der Waals surface area contributed by atoms with E-state index in [2.05, 4.69) is 76.2 Å². The van der Waals surface area contributed by atoms with Gasteiger partial charge in [-0.05, 0) is 29.1 Å². The summed E-state index contributed by atoms with van der Waals surface area (Å²) in [5.74, 6) is 0.830. The molecular weight excluding hydrogens is 356 g/mol. The van der Waals surface area contributed by atoms with Crippen molar-refractivity contribution in [2.24, 2.45) is 4.99 Å². The third kappa shape index (κ3) is 5.47. The fourth-order valence-corrected chi connectivity index (χ4v) is 3.96. The Kier molecular flexibility index (Phi) is 6.74. The molecule has 2 aromatic rings. The zero-order valence-corrected chi connectivity index (χ0v) is 17.3. The van der Waals surface area contributed by atoms with Gasteiger partial charge in [0, 0.05) is 49.2 Å². The van der Waals surface area contributed by atoms with Crippen LogP contribution in [0, 0.1) is 0 Å². The second kappa shape index (κ2) is 9.24. The van der Waals surface area contributed by atoms with E-state index in [1.54, 1.807) is 11.3 Å². The Morgan fingerprint density at radius 1 is 1.15 bits per heavy atom. The Hall–Kier alpha value is -2.05. The van der Waals surface area contributed by atoms with Crippen LogP contribution in [0.1, 0.15) is 24.3 Å². The first-order valence-corrected chi connectivity index (χ1v) is 10.4. The minimum atomic E-state index is 0.0750. The number of hydrogen-bond donors (Lipinski definition) is 2. The molecule has 1 aliphatic rings. The number of nitrogens with zero attached hydrogens (tertiary/aromatic N) is 2. The monoisotopic (exact) mass is 386 g/mol. The minimum Gasteiger partial charge on any atom is -0.378 e. The van der Waals surface area contributed by atoms with E-state index in [0.29, 0.717) is 0 Å². The van der Waals surface area contributed by atoms with Gasteiger partial charge in [-0.2, -0.15) is 0 Å². The molecule has 1 aromatic heterocycles. The van der Waals surface area contributed by atoms with Crippen molar-refractivity contribution in [1.82, 2.24) is 10.6 Å².